The van der Waals surface area contributed by atoms with Crippen molar-refractivity contribution in [1.29, 1.82) is 0 Å². The molecule has 0 saturated carbocycles. The molecule has 2 atom stereocenters. The number of carbonyl (C=O) groups is 1. The zero-order chi connectivity index (χ0) is 16.3. The third-order valence-corrected chi connectivity index (χ3v) is 3.88. The molecule has 5 nitrogen and oxygen atoms in total. The van der Waals surface area contributed by atoms with Gasteiger partial charge < -0.3 is 14.4 Å². The van der Waals surface area contributed by atoms with Crippen LogP contribution in [-0.4, -0.2) is 21.8 Å². The molecule has 0 aliphatic heterocycles. The first kappa shape index (κ1) is 16.5. The van der Waals surface area contributed by atoms with Crippen molar-refractivity contribution >= 4 is 17.6 Å². The van der Waals surface area contributed by atoms with Gasteiger partial charge in [-0.3, -0.25) is 0 Å². The van der Waals surface area contributed by atoms with Gasteiger partial charge in [-0.05, 0) is 32.4 Å². The van der Waals surface area contributed by atoms with E-state index < -0.39 is 17.7 Å². The Balaban J connectivity index is 2.17. The maximum atomic E-state index is 11.3. The molecule has 0 bridgehead atoms. The topological polar surface area (TPSA) is 72.6 Å². The summed E-state index contributed by atoms with van der Waals surface area (Å²) in [5.41, 5.74) is 0.255. The predicted molar refractivity (Wildman–Crippen MR) is 82.8 cm³/mol. The van der Waals surface area contributed by atoms with Gasteiger partial charge in [0.2, 0.25) is 0 Å². The number of rotatable bonds is 6. The molecular formula is C16H18ClNO4. The molecular weight excluding hydrogens is 306 g/mol. The van der Waals surface area contributed by atoms with Crippen LogP contribution in [0, 0.1) is 0 Å². The van der Waals surface area contributed by atoms with Crippen LogP contribution in [0.25, 0.3) is 11.3 Å². The SMILES string of the molecule is CCC(C)(OC(C)c1cc(-c2ccc(Cl)cc2)no1)C(=O)O. The van der Waals surface area contributed by atoms with Gasteiger partial charge in [-0.25, -0.2) is 4.79 Å². The molecule has 1 aromatic heterocycles. The smallest absolute Gasteiger partial charge is 0.335 e. The van der Waals surface area contributed by atoms with Gasteiger partial charge in [0.15, 0.2) is 11.4 Å². The van der Waals surface area contributed by atoms with E-state index >= 15 is 0 Å². The highest BCUT2D eigenvalue weighted by molar-refractivity contribution is 6.30. The average Bonchev–Trinajstić information content (AvgIpc) is 2.97. The third kappa shape index (κ3) is 3.48. The molecule has 1 aromatic carbocycles. The summed E-state index contributed by atoms with van der Waals surface area (Å²) in [6, 6.07) is 8.95. The molecule has 22 heavy (non-hydrogen) atoms. The molecule has 6 heteroatoms. The molecule has 0 spiro atoms. The van der Waals surface area contributed by atoms with E-state index in [1.54, 1.807) is 39.0 Å². The number of benzene rings is 1. The fraction of sp³-hybridized carbons (Fsp3) is 0.375. The lowest BCUT2D eigenvalue weighted by Crippen LogP contribution is -2.38. The summed E-state index contributed by atoms with van der Waals surface area (Å²) in [5, 5.41) is 13.9. The Hall–Kier alpha value is -1.85. The normalized spacial score (nSPS) is 15.3. The van der Waals surface area contributed by atoms with Gasteiger partial charge in [0.05, 0.1) is 0 Å². The molecule has 2 rings (SSSR count). The zero-order valence-corrected chi connectivity index (χ0v) is 13.4. The van der Waals surface area contributed by atoms with Crippen LogP contribution in [0.5, 0.6) is 0 Å². The second-order valence-electron chi connectivity index (χ2n) is 5.27. The molecule has 0 saturated heterocycles. The third-order valence-electron chi connectivity index (χ3n) is 3.63. The first-order valence-electron chi connectivity index (χ1n) is 6.99. The van der Waals surface area contributed by atoms with Crippen LogP contribution in [0.4, 0.5) is 0 Å². The van der Waals surface area contributed by atoms with Gasteiger partial charge in [-0.15, -0.1) is 0 Å². The van der Waals surface area contributed by atoms with Crippen LogP contribution in [0.1, 0.15) is 39.1 Å². The van der Waals surface area contributed by atoms with Crippen LogP contribution in [0.3, 0.4) is 0 Å². The van der Waals surface area contributed by atoms with Gasteiger partial charge in [0.1, 0.15) is 11.8 Å². The molecule has 118 valence electrons. The van der Waals surface area contributed by atoms with Gasteiger partial charge in [0.25, 0.3) is 0 Å². The number of nitrogens with zero attached hydrogens (tertiary/aromatic N) is 1. The lowest BCUT2D eigenvalue weighted by atomic mass is 10.0. The average molecular weight is 324 g/mol. The number of aromatic nitrogens is 1. The van der Waals surface area contributed by atoms with E-state index in [1.165, 1.54) is 0 Å². The van der Waals surface area contributed by atoms with Crippen molar-refractivity contribution in [3.8, 4) is 11.3 Å². The number of hydrogen-bond donors (Lipinski definition) is 1. The molecule has 0 aliphatic carbocycles. The molecule has 0 radical (unpaired) electrons. The summed E-state index contributed by atoms with van der Waals surface area (Å²) in [6.07, 6.45) is -0.167. The van der Waals surface area contributed by atoms with Crippen LogP contribution in [0.2, 0.25) is 5.02 Å². The Bertz CT molecular complexity index is 652. The lowest BCUT2D eigenvalue weighted by Gasteiger charge is -2.26. The standard InChI is InChI=1S/C16H18ClNO4/c1-4-16(3,15(19)20)21-10(2)14-9-13(18-22-14)11-5-7-12(17)8-6-11/h5-10H,4H2,1-3H3,(H,19,20). The summed E-state index contributed by atoms with van der Waals surface area (Å²) in [6.45, 7) is 5.05. The zero-order valence-electron chi connectivity index (χ0n) is 12.7. The van der Waals surface area contributed by atoms with Crippen LogP contribution in [0.15, 0.2) is 34.9 Å². The first-order chi connectivity index (χ1) is 10.4. The molecule has 0 fully saturated rings. The van der Waals surface area contributed by atoms with Gasteiger partial charge in [-0.2, -0.15) is 0 Å². The van der Waals surface area contributed by atoms with Crippen molar-refractivity contribution in [2.45, 2.75) is 38.9 Å². The Labute approximate surface area is 133 Å². The second-order valence-corrected chi connectivity index (χ2v) is 5.71. The highest BCUT2D eigenvalue weighted by atomic mass is 35.5. The van der Waals surface area contributed by atoms with Gasteiger partial charge >= 0.3 is 5.97 Å². The van der Waals surface area contributed by atoms with Crippen LogP contribution in [-0.2, 0) is 9.53 Å². The summed E-state index contributed by atoms with van der Waals surface area (Å²) >= 11 is 5.85. The highest BCUT2D eigenvalue weighted by Crippen LogP contribution is 2.29. The van der Waals surface area contributed by atoms with Gasteiger partial charge in [0, 0.05) is 16.7 Å². The van der Waals surface area contributed by atoms with Gasteiger partial charge in [-0.1, -0.05) is 35.8 Å². The maximum Gasteiger partial charge on any atom is 0.335 e. The van der Waals surface area contributed by atoms with E-state index in [4.69, 9.17) is 20.9 Å². The number of halogens is 1. The van der Waals surface area contributed by atoms with Crippen molar-refractivity contribution in [2.75, 3.05) is 0 Å². The Morgan fingerprint density at radius 1 is 1.45 bits per heavy atom. The molecule has 1 N–H and O–H groups in total. The monoisotopic (exact) mass is 323 g/mol. The predicted octanol–water partition coefficient (Wildman–Crippen LogP) is 4.33. The molecule has 2 unspecified atom stereocenters. The summed E-state index contributed by atoms with van der Waals surface area (Å²) in [5.74, 6) is -0.523. The Kier molecular flexibility index (Phi) is 4.88. The van der Waals surface area contributed by atoms with Crippen molar-refractivity contribution in [3.05, 3.63) is 41.1 Å². The maximum absolute atomic E-state index is 11.3. The van der Waals surface area contributed by atoms with E-state index in [1.807, 2.05) is 12.1 Å². The van der Waals surface area contributed by atoms with E-state index in [0.717, 1.165) is 5.56 Å². The summed E-state index contributed by atoms with van der Waals surface area (Å²) in [4.78, 5) is 11.3. The fourth-order valence-corrected chi connectivity index (χ4v) is 2.10. The van der Waals surface area contributed by atoms with Crippen molar-refractivity contribution in [1.82, 2.24) is 5.16 Å². The number of ether oxygens (including phenoxy) is 1. The van der Waals surface area contributed by atoms with Crippen molar-refractivity contribution in [2.24, 2.45) is 0 Å². The minimum Gasteiger partial charge on any atom is -0.479 e. The first-order valence-corrected chi connectivity index (χ1v) is 7.37. The molecule has 2 aromatic rings. The number of hydrogen-bond acceptors (Lipinski definition) is 4. The minimum absolute atomic E-state index is 0.352. The second kappa shape index (κ2) is 6.50. The van der Waals surface area contributed by atoms with E-state index in [9.17, 15) is 9.90 Å². The number of carboxylic acids is 1. The molecule has 0 aliphatic rings. The Morgan fingerprint density at radius 3 is 2.64 bits per heavy atom. The molecule has 1 heterocycles. The van der Waals surface area contributed by atoms with Crippen LogP contribution < -0.4 is 0 Å². The lowest BCUT2D eigenvalue weighted by molar-refractivity contribution is -0.172. The van der Waals surface area contributed by atoms with Crippen LogP contribution >= 0.6 is 11.6 Å². The van der Waals surface area contributed by atoms with Crippen molar-refractivity contribution in [3.63, 3.8) is 0 Å². The Morgan fingerprint density at radius 2 is 2.09 bits per heavy atom. The van der Waals surface area contributed by atoms with E-state index in [-0.39, 0.29) is 0 Å². The van der Waals surface area contributed by atoms with E-state index in [2.05, 4.69) is 5.16 Å². The number of aliphatic carboxylic acids is 1. The molecule has 0 amide bonds. The summed E-state index contributed by atoms with van der Waals surface area (Å²) < 4.78 is 10.9. The quantitative estimate of drug-likeness (QED) is 0.856. The summed E-state index contributed by atoms with van der Waals surface area (Å²) in [7, 11) is 0. The fourth-order valence-electron chi connectivity index (χ4n) is 1.97. The largest absolute Gasteiger partial charge is 0.479 e. The van der Waals surface area contributed by atoms with E-state index in [0.29, 0.717) is 22.9 Å². The minimum atomic E-state index is -1.26. The highest BCUT2D eigenvalue weighted by Gasteiger charge is 2.35. The number of carboxylic acid groups (broad SMARTS) is 1. The van der Waals surface area contributed by atoms with Crippen molar-refractivity contribution < 1.29 is 19.2 Å².